The van der Waals surface area contributed by atoms with Crippen LogP contribution in [-0.2, 0) is 14.3 Å². The fourth-order valence-electron chi connectivity index (χ4n) is 4.42. The number of likely N-dealkylation sites (tertiary alicyclic amines) is 1. The van der Waals surface area contributed by atoms with Crippen molar-refractivity contribution in [3.63, 3.8) is 0 Å². The number of anilines is 1. The molecule has 8 nitrogen and oxygen atoms in total. The van der Waals surface area contributed by atoms with Gasteiger partial charge in [0.1, 0.15) is 5.71 Å². The van der Waals surface area contributed by atoms with E-state index < -0.39 is 18.1 Å². The van der Waals surface area contributed by atoms with E-state index in [1.807, 2.05) is 18.2 Å². The molecule has 150 valence electrons. The van der Waals surface area contributed by atoms with Gasteiger partial charge in [0.2, 0.25) is 0 Å². The number of rotatable bonds is 4. The van der Waals surface area contributed by atoms with Gasteiger partial charge in [0.25, 0.3) is 5.91 Å². The maximum absolute atomic E-state index is 13.2. The minimum absolute atomic E-state index is 0.0655. The number of carbonyl (C=O) groups excluding carboxylic acids is 1. The number of carboxylic acid groups (broad SMARTS) is 1. The second-order valence-electron chi connectivity index (χ2n) is 7.59. The minimum atomic E-state index is -1.01. The average Bonchev–Trinajstić information content (AvgIpc) is 3.36. The third-order valence-electron chi connectivity index (χ3n) is 5.88. The Hall–Kier alpha value is -2.45. The maximum Gasteiger partial charge on any atom is 0.328 e. The first-order valence-electron chi connectivity index (χ1n) is 9.77. The zero-order chi connectivity index (χ0) is 19.7. The van der Waals surface area contributed by atoms with Crippen LogP contribution in [0.15, 0.2) is 35.4 Å². The Morgan fingerprint density at radius 1 is 1.18 bits per heavy atom. The molecule has 3 aliphatic rings. The summed E-state index contributed by atoms with van der Waals surface area (Å²) in [6.45, 7) is 1.57. The molecule has 1 aromatic rings. The molecule has 3 aliphatic heterocycles. The van der Waals surface area contributed by atoms with Crippen molar-refractivity contribution in [2.75, 3.05) is 24.8 Å². The number of ether oxygens (including phenoxy) is 1. The second kappa shape index (κ2) is 7.89. The van der Waals surface area contributed by atoms with Crippen molar-refractivity contribution < 1.29 is 24.5 Å². The lowest BCUT2D eigenvalue weighted by atomic mass is 9.89. The van der Waals surface area contributed by atoms with Gasteiger partial charge in [-0.25, -0.2) is 4.79 Å². The topological polar surface area (TPSA) is 103 Å². The first-order chi connectivity index (χ1) is 13.6. The number of carbonyl (C=O) groups is 2. The average molecular weight is 387 g/mol. The van der Waals surface area contributed by atoms with E-state index in [9.17, 15) is 19.8 Å². The number of nitrogens with zero attached hydrogens (tertiary/aromatic N) is 3. The van der Waals surface area contributed by atoms with Gasteiger partial charge in [-0.3, -0.25) is 9.80 Å². The van der Waals surface area contributed by atoms with Crippen molar-refractivity contribution >= 4 is 23.3 Å². The molecule has 8 heteroatoms. The number of aliphatic hydroxyl groups is 1. The minimum Gasteiger partial charge on any atom is -0.480 e. The third-order valence-corrected chi connectivity index (χ3v) is 5.88. The zero-order valence-electron chi connectivity index (χ0n) is 15.6. The molecule has 2 saturated heterocycles. The predicted molar refractivity (Wildman–Crippen MR) is 102 cm³/mol. The molecule has 0 radical (unpaired) electrons. The molecule has 4 unspecified atom stereocenters. The maximum atomic E-state index is 13.2. The molecule has 0 aromatic heterocycles. The largest absolute Gasteiger partial charge is 0.480 e. The quantitative estimate of drug-likeness (QED) is 0.802. The Bertz CT molecular complexity index is 768. The number of hydrogen-bond donors (Lipinski definition) is 2. The van der Waals surface area contributed by atoms with E-state index in [0.29, 0.717) is 31.9 Å². The molecule has 0 spiro atoms. The summed E-state index contributed by atoms with van der Waals surface area (Å²) in [5.41, 5.74) is 0.904. The van der Waals surface area contributed by atoms with Gasteiger partial charge >= 0.3 is 5.97 Å². The molecule has 4 atom stereocenters. The number of aliphatic hydroxyl groups excluding tert-OH is 1. The van der Waals surface area contributed by atoms with Crippen molar-refractivity contribution in [3.05, 3.63) is 30.3 Å². The molecule has 4 rings (SSSR count). The highest BCUT2D eigenvalue weighted by Crippen LogP contribution is 2.32. The van der Waals surface area contributed by atoms with E-state index in [1.54, 1.807) is 17.0 Å². The molecule has 0 bridgehead atoms. The van der Waals surface area contributed by atoms with Crippen LogP contribution in [0.5, 0.6) is 0 Å². The highest BCUT2D eigenvalue weighted by Gasteiger charge is 2.43. The van der Waals surface area contributed by atoms with Crippen LogP contribution in [0, 0.1) is 5.92 Å². The van der Waals surface area contributed by atoms with Crippen LogP contribution in [0.25, 0.3) is 0 Å². The Labute approximate surface area is 163 Å². The Kier molecular flexibility index (Phi) is 5.32. The van der Waals surface area contributed by atoms with E-state index in [2.05, 4.69) is 5.10 Å². The van der Waals surface area contributed by atoms with Gasteiger partial charge in [-0.05, 0) is 31.4 Å². The van der Waals surface area contributed by atoms with Gasteiger partial charge in [-0.2, -0.15) is 5.10 Å². The van der Waals surface area contributed by atoms with Crippen molar-refractivity contribution in [1.29, 1.82) is 0 Å². The van der Waals surface area contributed by atoms with E-state index in [1.165, 1.54) is 5.01 Å². The molecule has 3 heterocycles. The lowest BCUT2D eigenvalue weighted by Gasteiger charge is -2.36. The zero-order valence-corrected chi connectivity index (χ0v) is 15.6. The standard InChI is InChI=1S/C20H25N3O5/c24-18-8-10-28-12-14(18)16-7-4-9-22(16)19(25)15-11-17(20(26)27)23(21-15)13-5-2-1-3-6-13/h1-3,5-6,14,16-18,24H,4,7-12H2,(H,26,27). The van der Waals surface area contributed by atoms with Crippen LogP contribution in [0.4, 0.5) is 5.69 Å². The monoisotopic (exact) mass is 387 g/mol. The molecule has 0 aliphatic carbocycles. The SMILES string of the molecule is O=C(O)C1CC(C(=O)N2CCCC2C2COCCC2O)=NN1c1ccccc1. The number of hydrazone groups is 1. The molecule has 1 aromatic carbocycles. The van der Waals surface area contributed by atoms with Gasteiger partial charge in [0, 0.05) is 31.5 Å². The molecule has 28 heavy (non-hydrogen) atoms. The van der Waals surface area contributed by atoms with Crippen LogP contribution < -0.4 is 5.01 Å². The van der Waals surface area contributed by atoms with Gasteiger partial charge in [0.15, 0.2) is 6.04 Å². The number of hydrogen-bond acceptors (Lipinski definition) is 6. The highest BCUT2D eigenvalue weighted by atomic mass is 16.5. The summed E-state index contributed by atoms with van der Waals surface area (Å²) in [6.07, 6.45) is 1.83. The highest BCUT2D eigenvalue weighted by molar-refractivity contribution is 6.40. The normalized spacial score (nSPS) is 30.4. The lowest BCUT2D eigenvalue weighted by Crippen LogP contribution is -2.49. The predicted octanol–water partition coefficient (Wildman–Crippen LogP) is 1.09. The van der Waals surface area contributed by atoms with E-state index >= 15 is 0 Å². The summed E-state index contributed by atoms with van der Waals surface area (Å²) in [6, 6.07) is 8.03. The molecular formula is C20H25N3O5. The summed E-state index contributed by atoms with van der Waals surface area (Å²) in [4.78, 5) is 26.7. The van der Waals surface area contributed by atoms with Gasteiger partial charge < -0.3 is 19.8 Å². The number of benzene rings is 1. The van der Waals surface area contributed by atoms with E-state index in [4.69, 9.17) is 4.74 Å². The van der Waals surface area contributed by atoms with E-state index in [-0.39, 0.29) is 30.0 Å². The van der Waals surface area contributed by atoms with Crippen LogP contribution in [0.3, 0.4) is 0 Å². The summed E-state index contributed by atoms with van der Waals surface area (Å²) in [5.74, 6) is -1.35. The molecule has 1 amide bonds. The fraction of sp³-hybridized carbons (Fsp3) is 0.550. The smallest absolute Gasteiger partial charge is 0.328 e. The molecule has 0 saturated carbocycles. The van der Waals surface area contributed by atoms with Crippen LogP contribution in [-0.4, -0.2) is 70.6 Å². The van der Waals surface area contributed by atoms with Gasteiger partial charge in [-0.1, -0.05) is 18.2 Å². The Balaban J connectivity index is 1.56. The number of aliphatic carboxylic acids is 1. The summed E-state index contributed by atoms with van der Waals surface area (Å²) in [7, 11) is 0. The van der Waals surface area contributed by atoms with Crippen molar-refractivity contribution in [2.45, 2.75) is 43.9 Å². The van der Waals surface area contributed by atoms with Gasteiger partial charge in [0.05, 0.1) is 18.4 Å². The summed E-state index contributed by atoms with van der Waals surface area (Å²) in [5, 5.41) is 25.8. The van der Waals surface area contributed by atoms with Crippen LogP contribution in [0.1, 0.15) is 25.7 Å². The van der Waals surface area contributed by atoms with Crippen LogP contribution in [0.2, 0.25) is 0 Å². The van der Waals surface area contributed by atoms with Crippen molar-refractivity contribution in [2.24, 2.45) is 11.0 Å². The fourth-order valence-corrected chi connectivity index (χ4v) is 4.42. The summed E-state index contributed by atoms with van der Waals surface area (Å²) >= 11 is 0. The number of carboxylic acids is 1. The number of para-hydroxylation sites is 1. The lowest BCUT2D eigenvalue weighted by molar-refractivity contribution is -0.138. The van der Waals surface area contributed by atoms with Gasteiger partial charge in [-0.15, -0.1) is 0 Å². The van der Waals surface area contributed by atoms with Crippen LogP contribution >= 0.6 is 0 Å². The third kappa shape index (κ3) is 3.49. The van der Waals surface area contributed by atoms with Crippen molar-refractivity contribution in [3.8, 4) is 0 Å². The second-order valence-corrected chi connectivity index (χ2v) is 7.59. The molecular weight excluding hydrogens is 362 g/mol. The Morgan fingerprint density at radius 3 is 2.68 bits per heavy atom. The molecule has 2 N–H and O–H groups in total. The summed E-state index contributed by atoms with van der Waals surface area (Å²) < 4.78 is 5.53. The van der Waals surface area contributed by atoms with Crippen molar-refractivity contribution in [1.82, 2.24) is 4.90 Å². The molecule has 2 fully saturated rings. The number of amides is 1. The first-order valence-corrected chi connectivity index (χ1v) is 9.77. The first kappa shape index (κ1) is 18.9. The Morgan fingerprint density at radius 2 is 1.96 bits per heavy atom. The van der Waals surface area contributed by atoms with E-state index in [0.717, 1.165) is 12.8 Å².